The number of hydrogen-bond donors (Lipinski definition) is 0. The first kappa shape index (κ1) is 17.0. The molecule has 0 N–H and O–H groups in total. The van der Waals surface area contributed by atoms with E-state index < -0.39 is 0 Å². The molecule has 1 nitrogen and oxygen atoms in total. The molecule has 0 radical (unpaired) electrons. The van der Waals surface area contributed by atoms with Crippen LogP contribution in [-0.4, -0.2) is 24.5 Å². The van der Waals surface area contributed by atoms with Gasteiger partial charge in [0.05, 0.1) is 0 Å². The van der Waals surface area contributed by atoms with Gasteiger partial charge in [-0.15, -0.1) is 0 Å². The van der Waals surface area contributed by atoms with E-state index in [0.29, 0.717) is 0 Å². The summed E-state index contributed by atoms with van der Waals surface area (Å²) in [5, 5.41) is 0. The topological polar surface area (TPSA) is 3.24 Å². The van der Waals surface area contributed by atoms with Crippen molar-refractivity contribution in [2.24, 2.45) is 11.3 Å². The fourth-order valence-electron chi connectivity index (χ4n) is 2.49. The van der Waals surface area contributed by atoms with Crippen LogP contribution >= 0.6 is 0 Å². The standard InChI is InChI=1S/C12H23N.2C2H6/c1-3-12(6-7-12)10-13-8-4-11(2)5-9-13;2*1-2/h11H,3-10H2,1-2H3;2*1-2H3. The van der Waals surface area contributed by atoms with E-state index in [-0.39, 0.29) is 0 Å². The highest BCUT2D eigenvalue weighted by molar-refractivity contribution is 4.94. The van der Waals surface area contributed by atoms with Crippen molar-refractivity contribution < 1.29 is 0 Å². The molecule has 2 aliphatic rings. The Hall–Kier alpha value is -0.0400. The van der Waals surface area contributed by atoms with Gasteiger partial charge in [-0.05, 0) is 56.5 Å². The average molecular weight is 241 g/mol. The minimum atomic E-state index is 0.764. The fraction of sp³-hybridized carbons (Fsp3) is 1.00. The highest BCUT2D eigenvalue weighted by Crippen LogP contribution is 2.49. The van der Waals surface area contributed by atoms with Crippen LogP contribution in [0.15, 0.2) is 0 Å². The van der Waals surface area contributed by atoms with Crippen LogP contribution in [-0.2, 0) is 0 Å². The van der Waals surface area contributed by atoms with E-state index in [9.17, 15) is 0 Å². The van der Waals surface area contributed by atoms with E-state index in [1.807, 2.05) is 27.7 Å². The third-order valence-corrected chi connectivity index (χ3v) is 4.14. The molecule has 2 rings (SSSR count). The van der Waals surface area contributed by atoms with Crippen LogP contribution < -0.4 is 0 Å². The van der Waals surface area contributed by atoms with Gasteiger partial charge in [0.2, 0.25) is 0 Å². The maximum absolute atomic E-state index is 2.70. The minimum Gasteiger partial charge on any atom is -0.303 e. The van der Waals surface area contributed by atoms with E-state index in [4.69, 9.17) is 0 Å². The summed E-state index contributed by atoms with van der Waals surface area (Å²) in [6.45, 7) is 16.9. The van der Waals surface area contributed by atoms with Gasteiger partial charge in [-0.25, -0.2) is 0 Å². The van der Waals surface area contributed by atoms with Crippen molar-refractivity contribution in [3.63, 3.8) is 0 Å². The smallest absolute Gasteiger partial charge is 0.00379 e. The number of nitrogens with zero attached hydrogens (tertiary/aromatic N) is 1. The molecule has 0 aromatic rings. The molecular formula is C16H35N. The first-order valence-electron chi connectivity index (χ1n) is 7.96. The van der Waals surface area contributed by atoms with E-state index >= 15 is 0 Å². The normalized spacial score (nSPS) is 22.9. The zero-order valence-corrected chi connectivity index (χ0v) is 13.2. The van der Waals surface area contributed by atoms with E-state index in [1.165, 1.54) is 51.7 Å². The largest absolute Gasteiger partial charge is 0.303 e. The molecule has 0 aromatic heterocycles. The summed E-state index contributed by atoms with van der Waals surface area (Å²) < 4.78 is 0. The quantitative estimate of drug-likeness (QED) is 0.675. The van der Waals surface area contributed by atoms with Crippen LogP contribution in [0.3, 0.4) is 0 Å². The molecule has 17 heavy (non-hydrogen) atoms. The molecule has 104 valence electrons. The Morgan fingerprint density at radius 3 is 1.82 bits per heavy atom. The molecule has 1 heterocycles. The zero-order chi connectivity index (χ0) is 13.3. The Labute approximate surface area is 110 Å². The molecule has 2 fully saturated rings. The number of rotatable bonds is 3. The van der Waals surface area contributed by atoms with Gasteiger partial charge in [0, 0.05) is 6.54 Å². The zero-order valence-electron chi connectivity index (χ0n) is 13.2. The molecule has 0 atom stereocenters. The van der Waals surface area contributed by atoms with Gasteiger partial charge in [-0.3, -0.25) is 0 Å². The Morgan fingerprint density at radius 1 is 1.00 bits per heavy atom. The molecular weight excluding hydrogens is 206 g/mol. The van der Waals surface area contributed by atoms with Gasteiger partial charge >= 0.3 is 0 Å². The third kappa shape index (κ3) is 5.90. The molecule has 0 spiro atoms. The summed E-state index contributed by atoms with van der Waals surface area (Å²) in [5.41, 5.74) is 0.764. The fourth-order valence-corrected chi connectivity index (χ4v) is 2.49. The second kappa shape index (κ2) is 8.97. The number of piperidine rings is 1. The molecule has 0 bridgehead atoms. The van der Waals surface area contributed by atoms with Gasteiger partial charge in [0.1, 0.15) is 0 Å². The molecule has 0 unspecified atom stereocenters. The van der Waals surface area contributed by atoms with Crippen molar-refractivity contribution in [3.8, 4) is 0 Å². The lowest BCUT2D eigenvalue weighted by Gasteiger charge is -2.32. The SMILES string of the molecule is CC.CC.CCC1(CN2CCC(C)CC2)CC1. The summed E-state index contributed by atoms with van der Waals surface area (Å²) in [7, 11) is 0. The summed E-state index contributed by atoms with van der Waals surface area (Å²) in [6.07, 6.45) is 7.25. The Balaban J connectivity index is 0.000000581. The van der Waals surface area contributed by atoms with E-state index in [1.54, 1.807) is 0 Å². The Bertz CT molecular complexity index is 164. The predicted molar refractivity (Wildman–Crippen MR) is 79.5 cm³/mol. The van der Waals surface area contributed by atoms with E-state index in [0.717, 1.165) is 11.3 Å². The van der Waals surface area contributed by atoms with Crippen molar-refractivity contribution in [2.75, 3.05) is 19.6 Å². The van der Waals surface area contributed by atoms with Gasteiger partial charge in [-0.1, -0.05) is 41.5 Å². The van der Waals surface area contributed by atoms with Crippen LogP contribution in [0, 0.1) is 11.3 Å². The van der Waals surface area contributed by atoms with Crippen molar-refractivity contribution in [1.29, 1.82) is 0 Å². The van der Waals surface area contributed by atoms with Crippen molar-refractivity contribution in [3.05, 3.63) is 0 Å². The molecule has 1 saturated heterocycles. The van der Waals surface area contributed by atoms with Crippen LogP contribution in [0.5, 0.6) is 0 Å². The molecule has 1 heteroatoms. The second-order valence-corrected chi connectivity index (χ2v) is 5.31. The van der Waals surface area contributed by atoms with Gasteiger partial charge in [-0.2, -0.15) is 0 Å². The van der Waals surface area contributed by atoms with Crippen LogP contribution in [0.2, 0.25) is 0 Å². The van der Waals surface area contributed by atoms with Gasteiger partial charge < -0.3 is 4.90 Å². The molecule has 0 amide bonds. The average Bonchev–Trinajstić information content (AvgIpc) is 3.18. The number of likely N-dealkylation sites (tertiary alicyclic amines) is 1. The third-order valence-electron chi connectivity index (χ3n) is 4.14. The first-order valence-corrected chi connectivity index (χ1v) is 7.96. The van der Waals surface area contributed by atoms with Crippen LogP contribution in [0.4, 0.5) is 0 Å². The number of hydrogen-bond acceptors (Lipinski definition) is 1. The van der Waals surface area contributed by atoms with Crippen molar-refractivity contribution in [1.82, 2.24) is 4.90 Å². The van der Waals surface area contributed by atoms with Crippen LogP contribution in [0.1, 0.15) is 73.6 Å². The molecule has 1 aliphatic heterocycles. The van der Waals surface area contributed by atoms with Crippen LogP contribution in [0.25, 0.3) is 0 Å². The first-order chi connectivity index (χ1) is 8.24. The second-order valence-electron chi connectivity index (χ2n) is 5.31. The predicted octanol–water partition coefficient (Wildman–Crippen LogP) is 4.96. The molecule has 1 aliphatic carbocycles. The summed E-state index contributed by atoms with van der Waals surface area (Å²) in [6, 6.07) is 0. The Morgan fingerprint density at radius 2 is 1.47 bits per heavy atom. The van der Waals surface area contributed by atoms with Gasteiger partial charge in [0.15, 0.2) is 0 Å². The maximum Gasteiger partial charge on any atom is 0.00379 e. The monoisotopic (exact) mass is 241 g/mol. The summed E-state index contributed by atoms with van der Waals surface area (Å²) in [4.78, 5) is 2.70. The summed E-state index contributed by atoms with van der Waals surface area (Å²) >= 11 is 0. The highest BCUT2D eigenvalue weighted by atomic mass is 15.1. The Kier molecular flexibility index (Phi) is 8.94. The lowest BCUT2D eigenvalue weighted by atomic mass is 9.96. The molecule has 0 aromatic carbocycles. The van der Waals surface area contributed by atoms with E-state index in [2.05, 4.69) is 18.7 Å². The maximum atomic E-state index is 2.70. The molecule has 1 saturated carbocycles. The summed E-state index contributed by atoms with van der Waals surface area (Å²) in [5.74, 6) is 0.980. The minimum absolute atomic E-state index is 0.764. The lowest BCUT2D eigenvalue weighted by molar-refractivity contribution is 0.157. The lowest BCUT2D eigenvalue weighted by Crippen LogP contribution is -2.37. The van der Waals surface area contributed by atoms with Crippen molar-refractivity contribution >= 4 is 0 Å². The van der Waals surface area contributed by atoms with Gasteiger partial charge in [0.25, 0.3) is 0 Å². The van der Waals surface area contributed by atoms with Crippen molar-refractivity contribution in [2.45, 2.75) is 73.6 Å². The highest BCUT2D eigenvalue weighted by Gasteiger charge is 2.42.